The maximum absolute atomic E-state index is 12.5. The van der Waals surface area contributed by atoms with Gasteiger partial charge in [-0.2, -0.15) is 0 Å². The van der Waals surface area contributed by atoms with E-state index < -0.39 is 11.9 Å². The Balaban J connectivity index is 0.000000127. The number of hydrogen-bond donors (Lipinski definition) is 2. The minimum atomic E-state index is -0.650. The molecular formula is C56H88N6O12. The van der Waals surface area contributed by atoms with Gasteiger partial charge in [-0.1, -0.05) is 38.5 Å². The molecular weight excluding hydrogens is 949 g/mol. The lowest BCUT2D eigenvalue weighted by Gasteiger charge is -2.51. The van der Waals surface area contributed by atoms with Crippen LogP contribution in [0, 0.1) is 17.8 Å². The largest absolute Gasteiger partial charge is 0.481 e. The van der Waals surface area contributed by atoms with Crippen LogP contribution in [0.15, 0.2) is 0 Å². The number of esters is 1. The molecule has 6 atom stereocenters. The molecule has 6 saturated heterocycles. The SMILES string of the molecule is CCOC(=O)C1CC(N2CCC(N3C(=O)CO[C@H]4CCCC[C@@H]43)CC2)C1.O=C(O)C1CC(N2CCC(N3C(=O)CO[C@H]4CCCC[C@@H]43)CC2)C1.O=C(O)C1CC(N2CCC(N3C(=O)CO[C@H]4CCCC[C@@H]43)CC2)C1. The van der Waals surface area contributed by atoms with Gasteiger partial charge in [0.1, 0.15) is 19.8 Å². The summed E-state index contributed by atoms with van der Waals surface area (Å²) in [6, 6.07) is 3.34. The van der Waals surface area contributed by atoms with E-state index in [4.69, 9.17) is 29.2 Å². The molecule has 0 bridgehead atoms. The molecule has 0 spiro atoms. The number of ether oxygens (including phenoxy) is 4. The van der Waals surface area contributed by atoms with Crippen LogP contribution in [0.25, 0.3) is 0 Å². The highest BCUT2D eigenvalue weighted by atomic mass is 16.5. The fraction of sp³-hybridized carbons (Fsp3) is 0.893. The normalized spacial score (nSPS) is 37.7. The van der Waals surface area contributed by atoms with Crippen molar-refractivity contribution >= 4 is 35.6 Å². The first-order valence-corrected chi connectivity index (χ1v) is 29.6. The minimum absolute atomic E-state index is 0.0270. The summed E-state index contributed by atoms with van der Waals surface area (Å²) in [5.41, 5.74) is 0. The summed E-state index contributed by atoms with van der Waals surface area (Å²) >= 11 is 0. The standard InChI is InChI=1S/C20H32N2O4.2C18H28N2O4/c1-2-25-20(24)14-11-16(12-14)21-9-7-15(8-10-21)22-17-5-3-4-6-18(17)26-13-19(22)23;2*21-17-11-24-16-4-2-1-3-15(16)20(17)13-5-7-19(8-6-13)14-9-12(10-14)18(22)23/h14-18H,2-13H2,1H3;2*12-16H,1-11H2,(H,22,23)/t14?,16?,17-,18-;2*12?,14?,15-,16-/m000/s1. The van der Waals surface area contributed by atoms with Gasteiger partial charge in [-0.15, -0.1) is 0 Å². The highest BCUT2D eigenvalue weighted by molar-refractivity contribution is 5.80. The van der Waals surface area contributed by atoms with E-state index in [1.807, 2.05) is 6.92 Å². The van der Waals surface area contributed by atoms with E-state index in [0.717, 1.165) is 155 Å². The summed E-state index contributed by atoms with van der Waals surface area (Å²) in [4.78, 5) is 85.2. The molecule has 0 aromatic carbocycles. The monoisotopic (exact) mass is 1040 g/mol. The minimum Gasteiger partial charge on any atom is -0.481 e. The smallest absolute Gasteiger partial charge is 0.309 e. The number of rotatable bonds is 10. The zero-order chi connectivity index (χ0) is 51.5. The van der Waals surface area contributed by atoms with Crippen LogP contribution in [-0.4, -0.2) is 214 Å². The molecule has 0 radical (unpaired) electrons. The van der Waals surface area contributed by atoms with Crippen molar-refractivity contribution in [3.63, 3.8) is 0 Å². The Labute approximate surface area is 438 Å². The van der Waals surface area contributed by atoms with Crippen molar-refractivity contribution in [2.45, 2.75) is 234 Å². The van der Waals surface area contributed by atoms with Crippen molar-refractivity contribution in [1.82, 2.24) is 29.4 Å². The number of hydrogen-bond acceptors (Lipinski definition) is 13. The Morgan fingerprint density at radius 3 is 1.00 bits per heavy atom. The number of fused-ring (bicyclic) bond motifs is 3. The van der Waals surface area contributed by atoms with Gasteiger partial charge in [-0.25, -0.2) is 0 Å². The van der Waals surface area contributed by atoms with E-state index in [2.05, 4.69) is 29.4 Å². The molecule has 0 aromatic heterocycles. The second kappa shape index (κ2) is 24.5. The van der Waals surface area contributed by atoms with Gasteiger partial charge in [0.25, 0.3) is 0 Å². The molecule has 12 aliphatic rings. The van der Waals surface area contributed by atoms with Crippen molar-refractivity contribution in [2.24, 2.45) is 17.8 Å². The lowest BCUT2D eigenvalue weighted by atomic mass is 9.78. The van der Waals surface area contributed by atoms with Gasteiger partial charge in [0.2, 0.25) is 17.7 Å². The topological polar surface area (TPSA) is 199 Å². The molecule has 74 heavy (non-hydrogen) atoms. The van der Waals surface area contributed by atoms with Crippen molar-refractivity contribution in [1.29, 1.82) is 0 Å². The van der Waals surface area contributed by atoms with Gasteiger partial charge in [0.05, 0.1) is 60.8 Å². The molecule has 18 nitrogen and oxygen atoms in total. The average molecular weight is 1040 g/mol. The van der Waals surface area contributed by atoms with Gasteiger partial charge < -0.3 is 58.6 Å². The van der Waals surface area contributed by atoms with Crippen LogP contribution >= 0.6 is 0 Å². The van der Waals surface area contributed by atoms with E-state index in [1.165, 1.54) is 38.5 Å². The molecule has 6 aliphatic carbocycles. The molecule has 6 saturated carbocycles. The summed E-state index contributed by atoms with van der Waals surface area (Å²) in [6.07, 6.45) is 25.8. The zero-order valence-electron chi connectivity index (χ0n) is 44.4. The van der Waals surface area contributed by atoms with Gasteiger partial charge in [-0.05, 0) is 122 Å². The zero-order valence-corrected chi connectivity index (χ0v) is 44.4. The number of carbonyl (C=O) groups is 6. The van der Waals surface area contributed by atoms with E-state index in [0.29, 0.717) is 48.9 Å². The van der Waals surface area contributed by atoms with Crippen molar-refractivity contribution in [3.05, 3.63) is 0 Å². The maximum atomic E-state index is 12.5. The number of amides is 3. The number of carboxylic acid groups (broad SMARTS) is 2. The van der Waals surface area contributed by atoms with Gasteiger partial charge in [0, 0.05) is 75.5 Å². The van der Waals surface area contributed by atoms with Crippen molar-refractivity contribution in [2.75, 3.05) is 65.7 Å². The Kier molecular flexibility index (Phi) is 17.9. The molecule has 0 aromatic rings. The Hall–Kier alpha value is -3.42. The third-order valence-corrected chi connectivity index (χ3v) is 20.1. The predicted molar refractivity (Wildman–Crippen MR) is 272 cm³/mol. The molecule has 12 fully saturated rings. The van der Waals surface area contributed by atoms with Crippen molar-refractivity contribution < 1.29 is 57.9 Å². The van der Waals surface area contributed by atoms with E-state index in [1.54, 1.807) is 0 Å². The molecule has 6 heterocycles. The van der Waals surface area contributed by atoms with Crippen LogP contribution in [0.5, 0.6) is 0 Å². The lowest BCUT2D eigenvalue weighted by molar-refractivity contribution is -0.168. The first-order valence-electron chi connectivity index (χ1n) is 29.6. The Morgan fingerprint density at radius 2 is 0.716 bits per heavy atom. The summed E-state index contributed by atoms with van der Waals surface area (Å²) < 4.78 is 22.5. The number of carboxylic acids is 2. The van der Waals surface area contributed by atoms with E-state index >= 15 is 0 Å². The first kappa shape index (κ1) is 54.0. The lowest BCUT2D eigenvalue weighted by Crippen LogP contribution is -2.61. The molecule has 6 aliphatic heterocycles. The van der Waals surface area contributed by atoms with Crippen LogP contribution < -0.4 is 0 Å². The highest BCUT2D eigenvalue weighted by Crippen LogP contribution is 2.40. The summed E-state index contributed by atoms with van der Waals surface area (Å²) in [6.45, 7) is 9.14. The first-order chi connectivity index (χ1) is 35.9. The number of morpholine rings is 3. The maximum Gasteiger partial charge on any atom is 0.309 e. The van der Waals surface area contributed by atoms with E-state index in [-0.39, 0.29) is 91.7 Å². The molecule has 18 heteroatoms. The molecule has 0 unspecified atom stereocenters. The second-order valence-corrected chi connectivity index (χ2v) is 24.2. The quantitative estimate of drug-likeness (QED) is 0.279. The predicted octanol–water partition coefficient (Wildman–Crippen LogP) is 4.93. The fourth-order valence-corrected chi connectivity index (χ4v) is 15.6. The van der Waals surface area contributed by atoms with Crippen LogP contribution in [0.2, 0.25) is 0 Å². The third kappa shape index (κ3) is 12.0. The summed E-state index contributed by atoms with van der Waals surface area (Å²) in [5, 5.41) is 18.1. The highest BCUT2D eigenvalue weighted by Gasteiger charge is 2.48. The summed E-state index contributed by atoms with van der Waals surface area (Å²) in [7, 11) is 0. The van der Waals surface area contributed by atoms with Crippen molar-refractivity contribution in [3.8, 4) is 0 Å². The Morgan fingerprint density at radius 1 is 0.432 bits per heavy atom. The van der Waals surface area contributed by atoms with Crippen LogP contribution in [0.3, 0.4) is 0 Å². The van der Waals surface area contributed by atoms with Gasteiger partial charge in [0.15, 0.2) is 0 Å². The van der Waals surface area contributed by atoms with Gasteiger partial charge in [-0.3, -0.25) is 28.8 Å². The molecule has 414 valence electrons. The van der Waals surface area contributed by atoms with Gasteiger partial charge >= 0.3 is 17.9 Å². The summed E-state index contributed by atoms with van der Waals surface area (Å²) in [5.74, 6) is -0.975. The average Bonchev–Trinajstić information content (AvgIpc) is 3.36. The number of likely N-dealkylation sites (tertiary alicyclic amines) is 3. The number of piperidine rings is 3. The molecule has 12 rings (SSSR count). The van der Waals surface area contributed by atoms with Crippen LogP contribution in [0.1, 0.15) is 161 Å². The molecule has 3 amide bonds. The number of nitrogens with zero attached hydrogens (tertiary/aromatic N) is 6. The second-order valence-electron chi connectivity index (χ2n) is 24.2. The number of aliphatic carboxylic acids is 2. The fourth-order valence-electron chi connectivity index (χ4n) is 15.6. The Bertz CT molecular complexity index is 1860. The molecule has 2 N–H and O–H groups in total. The van der Waals surface area contributed by atoms with Crippen LogP contribution in [0.4, 0.5) is 0 Å². The van der Waals surface area contributed by atoms with Crippen LogP contribution in [-0.2, 0) is 47.7 Å². The third-order valence-electron chi connectivity index (χ3n) is 20.1. The van der Waals surface area contributed by atoms with E-state index in [9.17, 15) is 28.8 Å². The number of carbonyl (C=O) groups excluding carboxylic acids is 4.